The van der Waals surface area contributed by atoms with E-state index < -0.39 is 0 Å². The molecule has 1 rings (SSSR count). The third-order valence-electron chi connectivity index (χ3n) is 1.06. The number of nitrogens with two attached hydrogens (primary N) is 1. The predicted molar refractivity (Wildman–Crippen MR) is 53.7 cm³/mol. The predicted octanol–water partition coefficient (Wildman–Crippen LogP) is 1.60. The van der Waals surface area contributed by atoms with Gasteiger partial charge in [0.2, 0.25) is 5.88 Å². The quantitative estimate of drug-likeness (QED) is 0.833. The van der Waals surface area contributed by atoms with E-state index in [4.69, 9.17) is 10.5 Å². The maximum absolute atomic E-state index is 5.25. The molecule has 0 spiro atoms. The lowest BCUT2D eigenvalue weighted by Gasteiger charge is -2.01. The molecule has 0 fully saturated rings. The van der Waals surface area contributed by atoms with Gasteiger partial charge in [-0.2, -0.15) is 0 Å². The van der Waals surface area contributed by atoms with Crippen LogP contribution in [0.2, 0.25) is 0 Å². The van der Waals surface area contributed by atoms with Crippen molar-refractivity contribution in [3.63, 3.8) is 0 Å². The molecular formula is C7H10BrClN2O. The zero-order valence-electron chi connectivity index (χ0n) is 6.37. The SMILES string of the molecule is Cl.NCCOc1cccc(Br)n1. The van der Waals surface area contributed by atoms with Crippen molar-refractivity contribution in [1.29, 1.82) is 0 Å². The smallest absolute Gasteiger partial charge is 0.214 e. The number of aromatic nitrogens is 1. The molecule has 0 amide bonds. The molecule has 0 aliphatic rings. The van der Waals surface area contributed by atoms with Crippen LogP contribution in [-0.4, -0.2) is 18.1 Å². The van der Waals surface area contributed by atoms with E-state index >= 15 is 0 Å². The lowest BCUT2D eigenvalue weighted by molar-refractivity contribution is 0.315. The van der Waals surface area contributed by atoms with Crippen LogP contribution in [0.25, 0.3) is 0 Å². The van der Waals surface area contributed by atoms with E-state index in [-0.39, 0.29) is 12.4 Å². The Hall–Kier alpha value is -0.320. The van der Waals surface area contributed by atoms with Crippen molar-refractivity contribution in [3.05, 3.63) is 22.8 Å². The summed E-state index contributed by atoms with van der Waals surface area (Å²) in [5.74, 6) is 0.602. The summed E-state index contributed by atoms with van der Waals surface area (Å²) in [5, 5.41) is 0. The van der Waals surface area contributed by atoms with E-state index in [1.54, 1.807) is 6.07 Å². The lowest BCUT2D eigenvalue weighted by atomic mass is 10.5. The van der Waals surface area contributed by atoms with Crippen LogP contribution in [0.3, 0.4) is 0 Å². The van der Waals surface area contributed by atoms with Gasteiger partial charge >= 0.3 is 0 Å². The first-order valence-corrected chi connectivity index (χ1v) is 4.07. The zero-order chi connectivity index (χ0) is 8.10. The highest BCUT2D eigenvalue weighted by Gasteiger charge is 1.93. The fourth-order valence-corrected chi connectivity index (χ4v) is 0.961. The molecule has 2 N–H and O–H groups in total. The van der Waals surface area contributed by atoms with Crippen LogP contribution in [0.15, 0.2) is 22.8 Å². The van der Waals surface area contributed by atoms with Gasteiger partial charge in [0.1, 0.15) is 11.2 Å². The summed E-state index contributed by atoms with van der Waals surface area (Å²) in [5.41, 5.74) is 5.25. The summed E-state index contributed by atoms with van der Waals surface area (Å²) in [6.07, 6.45) is 0. The Bertz CT molecular complexity index is 234. The van der Waals surface area contributed by atoms with E-state index in [1.165, 1.54) is 0 Å². The second kappa shape index (κ2) is 6.22. The molecule has 0 aliphatic carbocycles. The number of halogens is 2. The molecule has 1 aromatic heterocycles. The van der Waals surface area contributed by atoms with Gasteiger partial charge in [0, 0.05) is 12.6 Å². The first kappa shape index (κ1) is 11.7. The number of hydrogen-bond acceptors (Lipinski definition) is 3. The van der Waals surface area contributed by atoms with Gasteiger partial charge in [0.05, 0.1) is 0 Å². The fourth-order valence-electron chi connectivity index (χ4n) is 0.634. The van der Waals surface area contributed by atoms with Crippen molar-refractivity contribution in [2.75, 3.05) is 13.2 Å². The normalized spacial score (nSPS) is 8.83. The Morgan fingerprint density at radius 1 is 1.50 bits per heavy atom. The standard InChI is InChI=1S/C7H9BrN2O.ClH/c8-6-2-1-3-7(10-6)11-5-4-9;/h1-3H,4-5,9H2;1H. The van der Waals surface area contributed by atoms with Crippen LogP contribution in [-0.2, 0) is 0 Å². The van der Waals surface area contributed by atoms with Crippen LogP contribution in [0, 0.1) is 0 Å². The fraction of sp³-hybridized carbons (Fsp3) is 0.286. The van der Waals surface area contributed by atoms with Gasteiger partial charge in [-0.1, -0.05) is 6.07 Å². The van der Waals surface area contributed by atoms with Crippen molar-refractivity contribution in [2.45, 2.75) is 0 Å². The largest absolute Gasteiger partial charge is 0.476 e. The van der Waals surface area contributed by atoms with Crippen molar-refractivity contribution in [2.24, 2.45) is 5.73 Å². The molecule has 5 heteroatoms. The average Bonchev–Trinajstić information content (AvgIpc) is 2.01. The molecule has 0 saturated carbocycles. The van der Waals surface area contributed by atoms with Gasteiger partial charge in [-0.25, -0.2) is 4.98 Å². The van der Waals surface area contributed by atoms with E-state index in [9.17, 15) is 0 Å². The summed E-state index contributed by atoms with van der Waals surface area (Å²) >= 11 is 3.23. The van der Waals surface area contributed by atoms with Crippen molar-refractivity contribution >= 4 is 28.3 Å². The molecule has 1 heterocycles. The molecule has 12 heavy (non-hydrogen) atoms. The summed E-state index contributed by atoms with van der Waals surface area (Å²) in [6, 6.07) is 5.50. The van der Waals surface area contributed by atoms with Gasteiger partial charge in [-0.15, -0.1) is 12.4 Å². The molecule has 0 aliphatic heterocycles. The Kier molecular flexibility index (Phi) is 6.06. The van der Waals surface area contributed by atoms with Crippen LogP contribution >= 0.6 is 28.3 Å². The second-order valence-electron chi connectivity index (χ2n) is 1.94. The van der Waals surface area contributed by atoms with Crippen molar-refractivity contribution in [3.8, 4) is 5.88 Å². The van der Waals surface area contributed by atoms with Crippen LogP contribution in [0.5, 0.6) is 5.88 Å². The highest BCUT2D eigenvalue weighted by atomic mass is 79.9. The number of pyridine rings is 1. The molecule has 0 saturated heterocycles. The summed E-state index contributed by atoms with van der Waals surface area (Å²) < 4.78 is 5.94. The minimum absolute atomic E-state index is 0. The summed E-state index contributed by atoms with van der Waals surface area (Å²) in [4.78, 5) is 4.05. The molecule has 0 unspecified atom stereocenters. The van der Waals surface area contributed by atoms with Gasteiger partial charge in [0.25, 0.3) is 0 Å². The van der Waals surface area contributed by atoms with Gasteiger partial charge in [-0.3, -0.25) is 0 Å². The number of nitrogens with zero attached hydrogens (tertiary/aromatic N) is 1. The van der Waals surface area contributed by atoms with Crippen LogP contribution in [0.4, 0.5) is 0 Å². The molecule has 0 aromatic carbocycles. The third kappa shape index (κ3) is 3.90. The molecule has 3 nitrogen and oxygen atoms in total. The molecule has 0 atom stereocenters. The first-order chi connectivity index (χ1) is 5.33. The Morgan fingerprint density at radius 3 is 2.83 bits per heavy atom. The van der Waals surface area contributed by atoms with Crippen molar-refractivity contribution < 1.29 is 4.74 Å². The zero-order valence-corrected chi connectivity index (χ0v) is 8.77. The Balaban J connectivity index is 0.00000121. The average molecular weight is 254 g/mol. The monoisotopic (exact) mass is 252 g/mol. The lowest BCUT2D eigenvalue weighted by Crippen LogP contribution is -2.11. The minimum Gasteiger partial charge on any atom is -0.476 e. The number of rotatable bonds is 3. The molecule has 68 valence electrons. The molecule has 1 aromatic rings. The van der Waals surface area contributed by atoms with Crippen LogP contribution in [0.1, 0.15) is 0 Å². The maximum atomic E-state index is 5.25. The Morgan fingerprint density at radius 2 is 2.25 bits per heavy atom. The highest BCUT2D eigenvalue weighted by Crippen LogP contribution is 2.11. The summed E-state index contributed by atoms with van der Waals surface area (Å²) in [7, 11) is 0. The number of ether oxygens (including phenoxy) is 1. The first-order valence-electron chi connectivity index (χ1n) is 3.28. The Labute approximate surface area is 85.9 Å². The van der Waals surface area contributed by atoms with E-state index in [1.807, 2.05) is 12.1 Å². The van der Waals surface area contributed by atoms with Gasteiger partial charge in [0.15, 0.2) is 0 Å². The highest BCUT2D eigenvalue weighted by molar-refractivity contribution is 9.10. The minimum atomic E-state index is 0. The molecule has 0 radical (unpaired) electrons. The second-order valence-corrected chi connectivity index (χ2v) is 2.75. The molecule has 0 bridgehead atoms. The van der Waals surface area contributed by atoms with E-state index in [0.717, 1.165) is 4.60 Å². The van der Waals surface area contributed by atoms with Gasteiger partial charge < -0.3 is 10.5 Å². The van der Waals surface area contributed by atoms with Gasteiger partial charge in [-0.05, 0) is 22.0 Å². The third-order valence-corrected chi connectivity index (χ3v) is 1.50. The summed E-state index contributed by atoms with van der Waals surface area (Å²) in [6.45, 7) is 1.01. The number of hydrogen-bond donors (Lipinski definition) is 1. The van der Waals surface area contributed by atoms with Crippen molar-refractivity contribution in [1.82, 2.24) is 4.98 Å². The van der Waals surface area contributed by atoms with E-state index in [2.05, 4.69) is 20.9 Å². The van der Waals surface area contributed by atoms with Crippen LogP contribution < -0.4 is 10.5 Å². The van der Waals surface area contributed by atoms with E-state index in [0.29, 0.717) is 19.0 Å². The molecular weight excluding hydrogens is 243 g/mol. The topological polar surface area (TPSA) is 48.1 Å². The maximum Gasteiger partial charge on any atom is 0.214 e.